The fraction of sp³-hybridized carbons (Fsp3) is 0.786. The molecular formula is C14H24ClN3. The molecule has 1 aromatic rings. The van der Waals surface area contributed by atoms with E-state index in [4.69, 9.17) is 11.6 Å². The van der Waals surface area contributed by atoms with Crippen molar-refractivity contribution in [1.29, 1.82) is 0 Å². The molecule has 0 aliphatic heterocycles. The zero-order chi connectivity index (χ0) is 13.0. The Morgan fingerprint density at radius 1 is 1.39 bits per heavy atom. The van der Waals surface area contributed by atoms with Crippen molar-refractivity contribution in [3.05, 3.63) is 17.5 Å². The van der Waals surface area contributed by atoms with E-state index in [0.29, 0.717) is 11.9 Å². The third-order valence-electron chi connectivity index (χ3n) is 3.93. The minimum atomic E-state index is 0.715. The van der Waals surface area contributed by atoms with E-state index in [1.54, 1.807) is 0 Å². The summed E-state index contributed by atoms with van der Waals surface area (Å²) in [5, 5.41) is 4.43. The van der Waals surface area contributed by atoms with Crippen LogP contribution >= 0.6 is 11.6 Å². The molecule has 0 bridgehead atoms. The third kappa shape index (κ3) is 3.48. The molecule has 1 aromatic heterocycles. The molecule has 1 aliphatic rings. The lowest BCUT2D eigenvalue weighted by atomic mass is 9.94. The molecule has 0 radical (unpaired) electrons. The molecule has 0 spiro atoms. The van der Waals surface area contributed by atoms with Crippen LogP contribution in [0, 0.1) is 6.92 Å². The summed E-state index contributed by atoms with van der Waals surface area (Å²) in [5.41, 5.74) is 2.39. The number of halogens is 1. The van der Waals surface area contributed by atoms with Gasteiger partial charge in [0.2, 0.25) is 0 Å². The smallest absolute Gasteiger partial charge is 0.0597 e. The highest BCUT2D eigenvalue weighted by atomic mass is 35.5. The largest absolute Gasteiger partial charge is 0.293 e. The lowest BCUT2D eigenvalue weighted by molar-refractivity contribution is 0.153. The quantitative estimate of drug-likeness (QED) is 0.766. The van der Waals surface area contributed by atoms with Crippen LogP contribution in [0.3, 0.4) is 0 Å². The molecule has 102 valence electrons. The van der Waals surface area contributed by atoms with Crippen LogP contribution < -0.4 is 0 Å². The number of aromatic nitrogens is 2. The number of alkyl halides is 1. The van der Waals surface area contributed by atoms with Gasteiger partial charge in [0.1, 0.15) is 0 Å². The van der Waals surface area contributed by atoms with Gasteiger partial charge in [0.25, 0.3) is 0 Å². The molecule has 0 N–H and O–H groups in total. The lowest BCUT2D eigenvalue weighted by Gasteiger charge is -2.33. The predicted molar refractivity (Wildman–Crippen MR) is 75.9 cm³/mol. The molecule has 1 aliphatic carbocycles. The van der Waals surface area contributed by atoms with E-state index >= 15 is 0 Å². The van der Waals surface area contributed by atoms with Gasteiger partial charge < -0.3 is 0 Å². The van der Waals surface area contributed by atoms with Crippen LogP contribution in [0.4, 0.5) is 0 Å². The van der Waals surface area contributed by atoms with E-state index in [1.807, 2.05) is 11.7 Å². The van der Waals surface area contributed by atoms with E-state index in [1.165, 1.54) is 37.8 Å². The number of rotatable bonds is 5. The monoisotopic (exact) mass is 269 g/mol. The van der Waals surface area contributed by atoms with Gasteiger partial charge in [0.05, 0.1) is 11.4 Å². The minimum absolute atomic E-state index is 0.715. The normalized spacial score (nSPS) is 17.6. The summed E-state index contributed by atoms with van der Waals surface area (Å²) < 4.78 is 2.00. The lowest BCUT2D eigenvalue weighted by Crippen LogP contribution is -2.38. The first-order valence-corrected chi connectivity index (χ1v) is 7.53. The van der Waals surface area contributed by atoms with Gasteiger partial charge in [0, 0.05) is 32.1 Å². The molecule has 1 saturated carbocycles. The number of aryl methyl sites for hydroxylation is 2. The van der Waals surface area contributed by atoms with Gasteiger partial charge in [-0.15, -0.1) is 11.6 Å². The molecule has 0 atom stereocenters. The molecule has 2 rings (SSSR count). The summed E-state index contributed by atoms with van der Waals surface area (Å²) in [6.07, 6.45) is 6.79. The number of hydrogen-bond acceptors (Lipinski definition) is 2. The Balaban J connectivity index is 2.02. The maximum absolute atomic E-state index is 5.96. The summed E-state index contributed by atoms with van der Waals surface area (Å²) in [6, 6.07) is 2.90. The maximum atomic E-state index is 5.96. The Morgan fingerprint density at radius 2 is 2.11 bits per heavy atom. The van der Waals surface area contributed by atoms with Crippen LogP contribution in [-0.2, 0) is 13.6 Å². The minimum Gasteiger partial charge on any atom is -0.293 e. The van der Waals surface area contributed by atoms with E-state index in [2.05, 4.69) is 23.0 Å². The molecule has 0 saturated heterocycles. The summed E-state index contributed by atoms with van der Waals surface area (Å²) in [4.78, 5) is 2.54. The second-order valence-electron chi connectivity index (χ2n) is 5.35. The van der Waals surface area contributed by atoms with Crippen LogP contribution in [0.1, 0.15) is 43.5 Å². The number of hydrogen-bond donors (Lipinski definition) is 0. The standard InChI is InChI=1S/C14H24ClN3/c1-12-10-14(17(2)16-12)11-18(9-8-15)13-6-4-3-5-7-13/h10,13H,3-9,11H2,1-2H3. The maximum Gasteiger partial charge on any atom is 0.0597 e. The van der Waals surface area contributed by atoms with Gasteiger partial charge in [-0.25, -0.2) is 0 Å². The van der Waals surface area contributed by atoms with Crippen LogP contribution in [-0.4, -0.2) is 33.1 Å². The van der Waals surface area contributed by atoms with Gasteiger partial charge in [-0.05, 0) is 25.8 Å². The molecule has 3 nitrogen and oxygen atoms in total. The predicted octanol–water partition coefficient (Wildman–Crippen LogP) is 3.10. The van der Waals surface area contributed by atoms with E-state index in [9.17, 15) is 0 Å². The second kappa shape index (κ2) is 6.58. The highest BCUT2D eigenvalue weighted by Gasteiger charge is 2.21. The highest BCUT2D eigenvalue weighted by molar-refractivity contribution is 6.18. The van der Waals surface area contributed by atoms with Crippen molar-refractivity contribution in [2.24, 2.45) is 7.05 Å². The zero-order valence-electron chi connectivity index (χ0n) is 11.5. The molecule has 4 heteroatoms. The van der Waals surface area contributed by atoms with Gasteiger partial charge in [-0.2, -0.15) is 5.10 Å². The van der Waals surface area contributed by atoms with Gasteiger partial charge in [-0.3, -0.25) is 9.58 Å². The van der Waals surface area contributed by atoms with Crippen LogP contribution in [0.5, 0.6) is 0 Å². The van der Waals surface area contributed by atoms with Crippen molar-refractivity contribution in [1.82, 2.24) is 14.7 Å². The summed E-state index contributed by atoms with van der Waals surface area (Å²) >= 11 is 5.96. The SMILES string of the molecule is Cc1cc(CN(CCCl)C2CCCCC2)n(C)n1. The van der Waals surface area contributed by atoms with Crippen molar-refractivity contribution in [2.75, 3.05) is 12.4 Å². The van der Waals surface area contributed by atoms with E-state index in [0.717, 1.165) is 18.8 Å². The molecule has 18 heavy (non-hydrogen) atoms. The van der Waals surface area contributed by atoms with Gasteiger partial charge >= 0.3 is 0 Å². The average Bonchev–Trinajstić information content (AvgIpc) is 2.68. The Hall–Kier alpha value is -0.540. The summed E-state index contributed by atoms with van der Waals surface area (Å²) in [5.74, 6) is 0.716. The van der Waals surface area contributed by atoms with Gasteiger partial charge in [-0.1, -0.05) is 19.3 Å². The second-order valence-corrected chi connectivity index (χ2v) is 5.73. The fourth-order valence-electron chi connectivity index (χ4n) is 2.97. The Labute approximate surface area is 115 Å². The molecule has 1 heterocycles. The third-order valence-corrected chi connectivity index (χ3v) is 4.10. The van der Waals surface area contributed by atoms with E-state index < -0.39 is 0 Å². The van der Waals surface area contributed by atoms with Gasteiger partial charge in [0.15, 0.2) is 0 Å². The summed E-state index contributed by atoms with van der Waals surface area (Å²) in [6.45, 7) is 4.02. The Bertz CT molecular complexity index is 369. The molecule has 0 aromatic carbocycles. The molecule has 0 amide bonds. The van der Waals surface area contributed by atoms with Crippen LogP contribution in [0.25, 0.3) is 0 Å². The molecule has 0 unspecified atom stereocenters. The van der Waals surface area contributed by atoms with Crippen LogP contribution in [0.15, 0.2) is 6.07 Å². The first-order chi connectivity index (χ1) is 8.70. The first kappa shape index (κ1) is 13.9. The van der Waals surface area contributed by atoms with E-state index in [-0.39, 0.29) is 0 Å². The topological polar surface area (TPSA) is 21.1 Å². The highest BCUT2D eigenvalue weighted by Crippen LogP contribution is 2.24. The first-order valence-electron chi connectivity index (χ1n) is 7.00. The molecular weight excluding hydrogens is 246 g/mol. The Morgan fingerprint density at radius 3 is 2.67 bits per heavy atom. The zero-order valence-corrected chi connectivity index (χ0v) is 12.3. The van der Waals surface area contributed by atoms with Crippen molar-refractivity contribution in [3.8, 4) is 0 Å². The van der Waals surface area contributed by atoms with Crippen molar-refractivity contribution < 1.29 is 0 Å². The summed E-state index contributed by atoms with van der Waals surface area (Å²) in [7, 11) is 2.03. The van der Waals surface area contributed by atoms with Crippen molar-refractivity contribution in [2.45, 2.75) is 51.6 Å². The van der Waals surface area contributed by atoms with Crippen LogP contribution in [0.2, 0.25) is 0 Å². The van der Waals surface area contributed by atoms with Crippen molar-refractivity contribution in [3.63, 3.8) is 0 Å². The fourth-order valence-corrected chi connectivity index (χ4v) is 3.18. The van der Waals surface area contributed by atoms with Crippen molar-refractivity contribution >= 4 is 11.6 Å². The molecule has 1 fully saturated rings. The Kier molecular flexibility index (Phi) is 5.07. The average molecular weight is 270 g/mol. The number of nitrogens with zero attached hydrogens (tertiary/aromatic N) is 3.